The number of para-hydroxylation sites is 1. The van der Waals surface area contributed by atoms with Crippen molar-refractivity contribution < 1.29 is 4.79 Å². The van der Waals surface area contributed by atoms with E-state index in [1.807, 2.05) is 90.4 Å². The summed E-state index contributed by atoms with van der Waals surface area (Å²) >= 11 is 7.32. The van der Waals surface area contributed by atoms with Crippen molar-refractivity contribution in [3.8, 4) is 17.1 Å². The molecule has 160 valence electrons. The molecule has 0 saturated carbocycles. The molecule has 0 atom stereocenters. The monoisotopic (exact) mass is 461 g/mol. The quantitative estimate of drug-likeness (QED) is 0.235. The average Bonchev–Trinajstić information content (AvgIpc) is 3.24. The minimum Gasteiger partial charge on any atom is -0.272 e. The summed E-state index contributed by atoms with van der Waals surface area (Å²) in [5.41, 5.74) is 6.43. The van der Waals surface area contributed by atoms with Crippen LogP contribution in [0, 0.1) is 6.92 Å². The minimum absolute atomic E-state index is 0.150. The molecule has 0 saturated heterocycles. The summed E-state index contributed by atoms with van der Waals surface area (Å²) in [5, 5.41) is 14.0. The number of carbonyl (C=O) groups is 1. The van der Waals surface area contributed by atoms with Gasteiger partial charge in [-0.15, -0.1) is 10.2 Å². The highest BCUT2D eigenvalue weighted by molar-refractivity contribution is 7.99. The first-order valence-electron chi connectivity index (χ1n) is 9.88. The summed E-state index contributed by atoms with van der Waals surface area (Å²) in [5.74, 6) is 0.596. The third-order valence-electron chi connectivity index (χ3n) is 4.56. The molecular formula is C24H20ClN5OS. The van der Waals surface area contributed by atoms with Crippen LogP contribution in [0.15, 0.2) is 89.1 Å². The second-order valence-electron chi connectivity index (χ2n) is 6.98. The number of thioether (sulfide) groups is 1. The Morgan fingerprint density at radius 3 is 2.47 bits per heavy atom. The largest absolute Gasteiger partial charge is 0.272 e. The molecule has 0 radical (unpaired) electrons. The van der Waals surface area contributed by atoms with Crippen molar-refractivity contribution in [1.29, 1.82) is 0 Å². The van der Waals surface area contributed by atoms with E-state index in [2.05, 4.69) is 20.7 Å². The van der Waals surface area contributed by atoms with Gasteiger partial charge in [-0.2, -0.15) is 5.10 Å². The van der Waals surface area contributed by atoms with E-state index in [0.29, 0.717) is 16.0 Å². The lowest BCUT2D eigenvalue weighted by atomic mass is 10.2. The van der Waals surface area contributed by atoms with E-state index in [4.69, 9.17) is 11.6 Å². The number of aromatic nitrogens is 3. The Kier molecular flexibility index (Phi) is 6.99. The smallest absolute Gasteiger partial charge is 0.250 e. The molecular weight excluding hydrogens is 442 g/mol. The maximum Gasteiger partial charge on any atom is 0.250 e. The van der Waals surface area contributed by atoms with Crippen molar-refractivity contribution >= 4 is 35.5 Å². The van der Waals surface area contributed by atoms with E-state index in [-0.39, 0.29) is 11.7 Å². The molecule has 0 fully saturated rings. The second-order valence-corrected chi connectivity index (χ2v) is 8.36. The Balaban J connectivity index is 1.49. The van der Waals surface area contributed by atoms with Gasteiger partial charge in [0.25, 0.3) is 5.91 Å². The lowest BCUT2D eigenvalue weighted by Crippen LogP contribution is -2.20. The van der Waals surface area contributed by atoms with Gasteiger partial charge in [0.1, 0.15) is 0 Å². The van der Waals surface area contributed by atoms with E-state index in [1.54, 1.807) is 6.21 Å². The molecule has 0 aliphatic rings. The average molecular weight is 462 g/mol. The maximum atomic E-state index is 12.3. The van der Waals surface area contributed by atoms with Gasteiger partial charge in [0.05, 0.1) is 12.0 Å². The molecule has 3 aromatic carbocycles. The van der Waals surface area contributed by atoms with Gasteiger partial charge >= 0.3 is 0 Å². The number of halogens is 1. The van der Waals surface area contributed by atoms with Crippen LogP contribution in [-0.2, 0) is 4.79 Å². The van der Waals surface area contributed by atoms with Gasteiger partial charge in [0.2, 0.25) is 0 Å². The first kappa shape index (κ1) is 21.8. The fourth-order valence-electron chi connectivity index (χ4n) is 2.95. The molecule has 1 N–H and O–H groups in total. The van der Waals surface area contributed by atoms with E-state index >= 15 is 0 Å². The van der Waals surface area contributed by atoms with Gasteiger partial charge in [-0.25, -0.2) is 5.43 Å². The van der Waals surface area contributed by atoms with E-state index in [1.165, 1.54) is 17.3 Å². The fourth-order valence-corrected chi connectivity index (χ4v) is 3.82. The number of hydrazone groups is 1. The van der Waals surface area contributed by atoms with E-state index < -0.39 is 0 Å². The molecule has 6 nitrogen and oxygen atoms in total. The summed E-state index contributed by atoms with van der Waals surface area (Å²) in [4.78, 5) is 12.3. The normalized spacial score (nSPS) is 11.1. The standard InChI is InChI=1S/C24H20ClN5OS/c1-17-7-9-18(10-8-17)15-26-27-22(31)16-32-24-29-28-23(19-11-13-20(25)14-12-19)30(24)21-5-3-2-4-6-21/h2-15H,16H2,1H3,(H,27,31)/b26-15-. The van der Waals surface area contributed by atoms with Crippen molar-refractivity contribution in [2.45, 2.75) is 12.1 Å². The van der Waals surface area contributed by atoms with Crippen LogP contribution >= 0.6 is 23.4 Å². The van der Waals surface area contributed by atoms with Gasteiger partial charge in [-0.3, -0.25) is 9.36 Å². The molecule has 4 rings (SSSR count). The zero-order valence-electron chi connectivity index (χ0n) is 17.3. The molecule has 4 aromatic rings. The summed E-state index contributed by atoms with van der Waals surface area (Å²) in [7, 11) is 0. The minimum atomic E-state index is -0.228. The SMILES string of the molecule is Cc1ccc(/C=N\NC(=O)CSc2nnc(-c3ccc(Cl)cc3)n2-c2ccccc2)cc1. The van der Waals surface area contributed by atoms with Crippen molar-refractivity contribution in [2.75, 3.05) is 5.75 Å². The number of rotatable bonds is 7. The Labute approximate surface area is 195 Å². The molecule has 0 aliphatic carbocycles. The Hall–Kier alpha value is -3.42. The summed E-state index contributed by atoms with van der Waals surface area (Å²) in [6.45, 7) is 2.02. The highest BCUT2D eigenvalue weighted by Crippen LogP contribution is 2.28. The number of nitrogens with one attached hydrogen (secondary N) is 1. The van der Waals surface area contributed by atoms with Crippen LogP contribution in [-0.4, -0.2) is 32.6 Å². The molecule has 1 heterocycles. The number of amides is 1. The number of carbonyl (C=O) groups excluding carboxylic acids is 1. The molecule has 0 unspecified atom stereocenters. The van der Waals surface area contributed by atoms with Crippen molar-refractivity contribution in [3.05, 3.63) is 95.0 Å². The Bertz CT molecular complexity index is 1220. The summed E-state index contributed by atoms with van der Waals surface area (Å²) in [6.07, 6.45) is 1.62. The maximum absolute atomic E-state index is 12.3. The zero-order valence-corrected chi connectivity index (χ0v) is 18.8. The fraction of sp³-hybridized carbons (Fsp3) is 0.0833. The number of benzene rings is 3. The molecule has 32 heavy (non-hydrogen) atoms. The number of aryl methyl sites for hydroxylation is 1. The molecule has 0 aliphatic heterocycles. The molecule has 8 heteroatoms. The van der Waals surface area contributed by atoms with E-state index in [0.717, 1.165) is 16.8 Å². The highest BCUT2D eigenvalue weighted by Gasteiger charge is 2.17. The second kappa shape index (κ2) is 10.3. The Morgan fingerprint density at radius 2 is 1.75 bits per heavy atom. The first-order chi connectivity index (χ1) is 15.6. The molecule has 0 spiro atoms. The van der Waals surface area contributed by atoms with Gasteiger partial charge in [0.15, 0.2) is 11.0 Å². The van der Waals surface area contributed by atoms with E-state index in [9.17, 15) is 4.79 Å². The first-order valence-corrected chi connectivity index (χ1v) is 11.2. The predicted octanol–water partition coefficient (Wildman–Crippen LogP) is 5.14. The van der Waals surface area contributed by atoms with Crippen LogP contribution in [0.3, 0.4) is 0 Å². The van der Waals surface area contributed by atoms with Crippen LogP contribution in [0.25, 0.3) is 17.1 Å². The third-order valence-corrected chi connectivity index (χ3v) is 5.74. The number of hydrogen-bond donors (Lipinski definition) is 1. The summed E-state index contributed by atoms with van der Waals surface area (Å²) in [6, 6.07) is 25.1. The molecule has 1 amide bonds. The van der Waals surface area contributed by atoms with Crippen LogP contribution in [0.5, 0.6) is 0 Å². The van der Waals surface area contributed by atoms with Crippen LogP contribution in [0.4, 0.5) is 0 Å². The van der Waals surface area contributed by atoms with Gasteiger partial charge < -0.3 is 0 Å². The topological polar surface area (TPSA) is 72.2 Å². The zero-order chi connectivity index (χ0) is 22.3. The molecule has 0 bridgehead atoms. The van der Waals surface area contributed by atoms with Gasteiger partial charge in [0, 0.05) is 16.3 Å². The van der Waals surface area contributed by atoms with Crippen molar-refractivity contribution in [2.24, 2.45) is 5.10 Å². The van der Waals surface area contributed by atoms with Crippen LogP contribution in [0.2, 0.25) is 5.02 Å². The Morgan fingerprint density at radius 1 is 1.03 bits per heavy atom. The third kappa shape index (κ3) is 5.43. The lowest BCUT2D eigenvalue weighted by molar-refractivity contribution is -0.118. The van der Waals surface area contributed by atoms with Crippen molar-refractivity contribution in [1.82, 2.24) is 20.2 Å². The van der Waals surface area contributed by atoms with Crippen LogP contribution < -0.4 is 5.43 Å². The van der Waals surface area contributed by atoms with Crippen LogP contribution in [0.1, 0.15) is 11.1 Å². The number of nitrogens with zero attached hydrogens (tertiary/aromatic N) is 4. The van der Waals surface area contributed by atoms with Crippen molar-refractivity contribution in [3.63, 3.8) is 0 Å². The molecule has 1 aromatic heterocycles. The highest BCUT2D eigenvalue weighted by atomic mass is 35.5. The predicted molar refractivity (Wildman–Crippen MR) is 129 cm³/mol. The summed E-state index contributed by atoms with van der Waals surface area (Å²) < 4.78 is 1.93. The lowest BCUT2D eigenvalue weighted by Gasteiger charge is -2.10. The van der Waals surface area contributed by atoms with Gasteiger partial charge in [-0.1, -0.05) is 71.4 Å². The number of hydrogen-bond acceptors (Lipinski definition) is 5. The van der Waals surface area contributed by atoms with Gasteiger partial charge in [-0.05, 0) is 48.9 Å².